The molecule has 0 saturated heterocycles. The topological polar surface area (TPSA) is 132 Å². The van der Waals surface area contributed by atoms with Crippen molar-refractivity contribution in [1.29, 1.82) is 10.5 Å². The number of aryl methyl sites for hydroxylation is 1. The van der Waals surface area contributed by atoms with Gasteiger partial charge in [-0.3, -0.25) is 4.79 Å². The summed E-state index contributed by atoms with van der Waals surface area (Å²) in [5, 5.41) is 22.9. The Morgan fingerprint density at radius 3 is 2.92 bits per heavy atom. The van der Waals surface area contributed by atoms with Crippen LogP contribution < -0.4 is 10.9 Å². The van der Waals surface area contributed by atoms with Crippen LogP contribution in [0.5, 0.6) is 0 Å². The van der Waals surface area contributed by atoms with E-state index in [1.54, 1.807) is 25.3 Å². The van der Waals surface area contributed by atoms with Crippen molar-refractivity contribution in [1.82, 2.24) is 9.97 Å². The number of pyridine rings is 1. The number of ether oxygens (including phenoxy) is 1. The molecule has 0 aliphatic rings. The zero-order chi connectivity index (χ0) is 18.4. The van der Waals surface area contributed by atoms with E-state index in [0.29, 0.717) is 22.1 Å². The first-order valence-electron chi connectivity index (χ1n) is 7.14. The molecule has 0 atom stereocenters. The first kappa shape index (κ1) is 17.9. The third kappa shape index (κ3) is 4.10. The van der Waals surface area contributed by atoms with Crippen LogP contribution in [-0.4, -0.2) is 22.5 Å². The summed E-state index contributed by atoms with van der Waals surface area (Å²) in [6.07, 6.45) is 1.22. The van der Waals surface area contributed by atoms with E-state index in [1.807, 2.05) is 6.07 Å². The molecule has 8 nitrogen and oxygen atoms in total. The zero-order valence-corrected chi connectivity index (χ0v) is 14.2. The lowest BCUT2D eigenvalue weighted by atomic mass is 10.1. The van der Waals surface area contributed by atoms with Crippen LogP contribution in [0.25, 0.3) is 11.3 Å². The van der Waals surface area contributed by atoms with Gasteiger partial charge in [0.2, 0.25) is 0 Å². The fourth-order valence-electron chi connectivity index (χ4n) is 1.92. The summed E-state index contributed by atoms with van der Waals surface area (Å²) in [5.41, 5.74) is 1.13. The summed E-state index contributed by atoms with van der Waals surface area (Å²) in [6.45, 7) is 3.53. The Hall–Kier alpha value is -3.43. The minimum Gasteiger partial charge on any atom is -0.462 e. The van der Waals surface area contributed by atoms with E-state index in [1.165, 1.54) is 23.6 Å². The highest BCUT2D eigenvalue weighted by Gasteiger charge is 2.12. The Bertz CT molecular complexity index is 975. The van der Waals surface area contributed by atoms with Gasteiger partial charge in [-0.15, -0.1) is 11.3 Å². The number of rotatable bonds is 5. The van der Waals surface area contributed by atoms with Gasteiger partial charge in [-0.1, -0.05) is 0 Å². The second-order valence-corrected chi connectivity index (χ2v) is 5.59. The fraction of sp³-hybridized carbons (Fsp3) is 0.188. The van der Waals surface area contributed by atoms with Crippen LogP contribution in [0.2, 0.25) is 0 Å². The SMILES string of the molecule is CCOC(=O)C(C#N)=CNc1nc(-c2cc(C#N)c(=O)[nH]c2C)cs1. The Labute approximate surface area is 147 Å². The summed E-state index contributed by atoms with van der Waals surface area (Å²) >= 11 is 1.25. The average molecular weight is 355 g/mol. The summed E-state index contributed by atoms with van der Waals surface area (Å²) in [7, 11) is 0. The van der Waals surface area contributed by atoms with E-state index >= 15 is 0 Å². The summed E-state index contributed by atoms with van der Waals surface area (Å²) in [5.74, 6) is -0.718. The van der Waals surface area contributed by atoms with E-state index in [0.717, 1.165) is 0 Å². The maximum atomic E-state index is 11.6. The first-order valence-corrected chi connectivity index (χ1v) is 8.02. The van der Waals surface area contributed by atoms with Gasteiger partial charge < -0.3 is 15.0 Å². The number of thiazole rings is 1. The van der Waals surface area contributed by atoms with Gasteiger partial charge in [0.1, 0.15) is 17.7 Å². The van der Waals surface area contributed by atoms with Crippen molar-refractivity contribution >= 4 is 22.4 Å². The normalized spacial score (nSPS) is 10.6. The van der Waals surface area contributed by atoms with Gasteiger partial charge in [-0.2, -0.15) is 10.5 Å². The molecule has 0 spiro atoms. The molecule has 0 bridgehead atoms. The molecule has 0 aliphatic heterocycles. The number of anilines is 1. The summed E-state index contributed by atoms with van der Waals surface area (Å²) in [6, 6.07) is 5.06. The molecule has 0 aliphatic carbocycles. The second kappa shape index (κ2) is 7.90. The lowest BCUT2D eigenvalue weighted by molar-refractivity contribution is -0.138. The Morgan fingerprint density at radius 2 is 2.28 bits per heavy atom. The van der Waals surface area contributed by atoms with Crippen LogP contribution in [0, 0.1) is 29.6 Å². The van der Waals surface area contributed by atoms with Crippen molar-refractivity contribution < 1.29 is 9.53 Å². The number of hydrogen-bond acceptors (Lipinski definition) is 8. The molecule has 2 aromatic heterocycles. The maximum Gasteiger partial charge on any atom is 0.350 e. The van der Waals surface area contributed by atoms with E-state index in [4.69, 9.17) is 15.3 Å². The van der Waals surface area contributed by atoms with Crippen molar-refractivity contribution in [3.8, 4) is 23.4 Å². The van der Waals surface area contributed by atoms with Gasteiger partial charge in [-0.05, 0) is 19.9 Å². The largest absolute Gasteiger partial charge is 0.462 e. The van der Waals surface area contributed by atoms with E-state index in [9.17, 15) is 9.59 Å². The van der Waals surface area contributed by atoms with Gasteiger partial charge in [-0.25, -0.2) is 9.78 Å². The van der Waals surface area contributed by atoms with Gasteiger partial charge in [0.25, 0.3) is 5.56 Å². The van der Waals surface area contributed by atoms with Crippen LogP contribution >= 0.6 is 11.3 Å². The highest BCUT2D eigenvalue weighted by atomic mass is 32.1. The minimum absolute atomic E-state index is 0.00270. The molecule has 25 heavy (non-hydrogen) atoms. The Kier molecular flexibility index (Phi) is 5.66. The van der Waals surface area contributed by atoms with E-state index < -0.39 is 11.5 Å². The third-order valence-corrected chi connectivity index (χ3v) is 3.87. The molecule has 0 amide bonds. The molecule has 126 valence electrons. The number of nitriles is 2. The molecule has 0 unspecified atom stereocenters. The molecular weight excluding hydrogens is 342 g/mol. The number of nitrogens with zero attached hydrogens (tertiary/aromatic N) is 3. The van der Waals surface area contributed by atoms with E-state index in [2.05, 4.69) is 15.3 Å². The molecule has 0 fully saturated rings. The van der Waals surface area contributed by atoms with Gasteiger partial charge in [0.15, 0.2) is 10.7 Å². The fourth-order valence-corrected chi connectivity index (χ4v) is 2.60. The van der Waals surface area contributed by atoms with Gasteiger partial charge in [0.05, 0.1) is 12.3 Å². The molecule has 2 heterocycles. The molecule has 2 aromatic rings. The monoisotopic (exact) mass is 355 g/mol. The van der Waals surface area contributed by atoms with Gasteiger partial charge in [0, 0.05) is 22.8 Å². The predicted octanol–water partition coefficient (Wildman–Crippen LogP) is 2.06. The van der Waals surface area contributed by atoms with Gasteiger partial charge >= 0.3 is 5.97 Å². The number of nitrogens with one attached hydrogen (secondary N) is 2. The highest BCUT2D eigenvalue weighted by molar-refractivity contribution is 7.14. The average Bonchev–Trinajstić information content (AvgIpc) is 3.04. The number of aromatic nitrogens is 2. The molecule has 0 radical (unpaired) electrons. The number of hydrogen-bond donors (Lipinski definition) is 2. The number of esters is 1. The lowest BCUT2D eigenvalue weighted by Gasteiger charge is -2.02. The molecule has 2 N–H and O–H groups in total. The van der Waals surface area contributed by atoms with Crippen LogP contribution in [-0.2, 0) is 9.53 Å². The predicted molar refractivity (Wildman–Crippen MR) is 91.6 cm³/mol. The van der Waals surface area contributed by atoms with Crippen molar-refractivity contribution in [2.75, 3.05) is 11.9 Å². The van der Waals surface area contributed by atoms with E-state index in [-0.39, 0.29) is 17.7 Å². The third-order valence-electron chi connectivity index (χ3n) is 3.09. The Balaban J connectivity index is 2.27. The summed E-state index contributed by atoms with van der Waals surface area (Å²) in [4.78, 5) is 30.1. The van der Waals surface area contributed by atoms with Crippen LogP contribution in [0.15, 0.2) is 28.0 Å². The quantitative estimate of drug-likeness (QED) is 0.476. The standard InChI is InChI=1S/C16H13N5O3S/c1-3-24-15(23)11(6-18)7-19-16-21-13(8-25-16)12-4-10(5-17)14(22)20-9(12)2/h4,7-8H,3H2,1-2H3,(H,19,21)(H,20,22). The molecule has 0 aromatic carbocycles. The smallest absolute Gasteiger partial charge is 0.350 e. The van der Waals surface area contributed by atoms with Crippen molar-refractivity contribution in [3.63, 3.8) is 0 Å². The number of carbonyl (C=O) groups excluding carboxylic acids is 1. The molecule has 0 saturated carbocycles. The number of aromatic amines is 1. The maximum absolute atomic E-state index is 11.6. The molecule has 9 heteroatoms. The van der Waals surface area contributed by atoms with Crippen molar-refractivity contribution in [2.45, 2.75) is 13.8 Å². The first-order chi connectivity index (χ1) is 12.0. The molecule has 2 rings (SSSR count). The van der Waals surface area contributed by atoms with Crippen molar-refractivity contribution in [2.24, 2.45) is 0 Å². The highest BCUT2D eigenvalue weighted by Crippen LogP contribution is 2.26. The summed E-state index contributed by atoms with van der Waals surface area (Å²) < 4.78 is 4.76. The van der Waals surface area contributed by atoms with Crippen LogP contribution in [0.4, 0.5) is 5.13 Å². The lowest BCUT2D eigenvalue weighted by Crippen LogP contribution is -2.12. The molecular formula is C16H13N5O3S. The minimum atomic E-state index is -0.718. The van der Waals surface area contributed by atoms with Crippen LogP contribution in [0.1, 0.15) is 18.2 Å². The zero-order valence-electron chi connectivity index (χ0n) is 13.4. The van der Waals surface area contributed by atoms with Crippen molar-refractivity contribution in [3.05, 3.63) is 44.8 Å². The second-order valence-electron chi connectivity index (χ2n) is 4.74. The van der Waals surface area contributed by atoms with Crippen LogP contribution in [0.3, 0.4) is 0 Å². The number of carbonyl (C=O) groups is 1. The number of H-pyrrole nitrogens is 1. The Morgan fingerprint density at radius 1 is 1.52 bits per heavy atom.